The Morgan fingerprint density at radius 1 is 1.24 bits per heavy atom. The smallest absolute Gasteiger partial charge is 0.138 e. The quantitative estimate of drug-likeness (QED) is 0.919. The van der Waals surface area contributed by atoms with Crippen LogP contribution in [0.3, 0.4) is 0 Å². The molecule has 0 amide bonds. The number of hydrogen-bond acceptors (Lipinski definition) is 3. The van der Waals surface area contributed by atoms with Crippen molar-refractivity contribution >= 4 is 22.4 Å². The fourth-order valence-corrected chi connectivity index (χ4v) is 3.25. The molecule has 0 aliphatic heterocycles. The number of benzene rings is 1. The highest BCUT2D eigenvalue weighted by Crippen LogP contribution is 2.32. The number of halogens is 1. The average Bonchev–Trinajstić information content (AvgIpc) is 2.50. The molecule has 112 valence electrons. The Bertz CT molecular complexity index is 609. The molecule has 0 radical (unpaired) electrons. The van der Waals surface area contributed by atoms with Crippen molar-refractivity contribution in [3.8, 4) is 5.75 Å². The fourth-order valence-electron chi connectivity index (χ4n) is 3.03. The van der Waals surface area contributed by atoms with Gasteiger partial charge in [0, 0.05) is 23.8 Å². The molecule has 1 fully saturated rings. The lowest BCUT2D eigenvalue weighted by molar-refractivity contribution is 0.140. The van der Waals surface area contributed by atoms with Crippen LogP contribution in [0.5, 0.6) is 5.75 Å². The maximum atomic E-state index is 6.34. The first-order valence-electron chi connectivity index (χ1n) is 7.69. The van der Waals surface area contributed by atoms with Crippen LogP contribution in [-0.2, 0) is 0 Å². The summed E-state index contributed by atoms with van der Waals surface area (Å²) in [5, 5.41) is 6.35. The fraction of sp³-hybridized carbons (Fsp3) is 0.471. The maximum Gasteiger partial charge on any atom is 0.138 e. The predicted octanol–water partition coefficient (Wildman–Crippen LogP) is 4.19. The van der Waals surface area contributed by atoms with Gasteiger partial charge in [0.05, 0.1) is 11.1 Å². The third kappa shape index (κ3) is 3.47. The number of ether oxygens (including phenoxy) is 1. The van der Waals surface area contributed by atoms with Gasteiger partial charge in [0.2, 0.25) is 0 Å². The Morgan fingerprint density at radius 3 is 2.81 bits per heavy atom. The van der Waals surface area contributed by atoms with Crippen molar-refractivity contribution in [1.82, 2.24) is 10.3 Å². The number of rotatable bonds is 4. The lowest BCUT2D eigenvalue weighted by atomic mass is 9.93. The van der Waals surface area contributed by atoms with E-state index >= 15 is 0 Å². The van der Waals surface area contributed by atoms with Gasteiger partial charge in [0.1, 0.15) is 5.75 Å². The molecule has 1 aromatic heterocycles. The van der Waals surface area contributed by atoms with Crippen molar-refractivity contribution in [3.63, 3.8) is 0 Å². The second-order valence-electron chi connectivity index (χ2n) is 5.65. The summed E-state index contributed by atoms with van der Waals surface area (Å²) < 4.78 is 6.14. The molecule has 0 unspecified atom stereocenters. The molecule has 3 rings (SSSR count). The molecule has 1 heterocycles. The Labute approximate surface area is 130 Å². The van der Waals surface area contributed by atoms with Crippen LogP contribution in [0.1, 0.15) is 32.6 Å². The number of aromatic nitrogens is 1. The highest BCUT2D eigenvalue weighted by molar-refractivity contribution is 6.32. The van der Waals surface area contributed by atoms with Crippen LogP contribution >= 0.6 is 11.6 Å². The zero-order chi connectivity index (χ0) is 14.7. The van der Waals surface area contributed by atoms with Crippen molar-refractivity contribution in [2.45, 2.75) is 44.8 Å². The predicted molar refractivity (Wildman–Crippen MR) is 87.1 cm³/mol. The largest absolute Gasteiger partial charge is 0.489 e. The third-order valence-corrected chi connectivity index (χ3v) is 4.45. The van der Waals surface area contributed by atoms with Gasteiger partial charge in [-0.2, -0.15) is 0 Å². The van der Waals surface area contributed by atoms with Crippen molar-refractivity contribution in [3.05, 3.63) is 35.6 Å². The summed E-state index contributed by atoms with van der Waals surface area (Å²) in [5.41, 5.74) is 0. The molecule has 0 bridgehead atoms. The first-order chi connectivity index (χ1) is 10.3. The molecule has 1 aromatic carbocycles. The first kappa shape index (κ1) is 14.6. The molecule has 0 saturated heterocycles. The van der Waals surface area contributed by atoms with Crippen LogP contribution in [0, 0.1) is 0 Å². The van der Waals surface area contributed by atoms with Crippen LogP contribution in [-0.4, -0.2) is 23.7 Å². The summed E-state index contributed by atoms with van der Waals surface area (Å²) in [6.07, 6.45) is 8.41. The minimum Gasteiger partial charge on any atom is -0.489 e. The standard InChI is InChI=1S/C17H21ClN2O/c1-2-20-14-3-5-15(6-4-14)21-17-10-12-7-8-19-11-13(12)9-16(17)18/h7-11,14-15,20H,2-6H2,1H3. The Balaban J connectivity index is 1.69. The second kappa shape index (κ2) is 6.63. The summed E-state index contributed by atoms with van der Waals surface area (Å²) in [6, 6.07) is 6.59. The summed E-state index contributed by atoms with van der Waals surface area (Å²) in [5.74, 6) is 0.794. The number of nitrogens with one attached hydrogen (secondary N) is 1. The molecule has 0 spiro atoms. The highest BCUT2D eigenvalue weighted by Gasteiger charge is 2.22. The van der Waals surface area contributed by atoms with E-state index in [1.807, 2.05) is 24.4 Å². The van der Waals surface area contributed by atoms with E-state index in [4.69, 9.17) is 16.3 Å². The van der Waals surface area contributed by atoms with E-state index in [1.54, 1.807) is 6.20 Å². The van der Waals surface area contributed by atoms with Crippen molar-refractivity contribution < 1.29 is 4.74 Å². The van der Waals surface area contributed by atoms with Gasteiger partial charge in [-0.1, -0.05) is 18.5 Å². The summed E-state index contributed by atoms with van der Waals surface area (Å²) in [6.45, 7) is 3.20. The summed E-state index contributed by atoms with van der Waals surface area (Å²) in [4.78, 5) is 4.12. The molecule has 0 atom stereocenters. The Hall–Kier alpha value is -1.32. The van der Waals surface area contributed by atoms with E-state index in [-0.39, 0.29) is 6.10 Å². The molecule has 1 N–H and O–H groups in total. The van der Waals surface area contributed by atoms with E-state index < -0.39 is 0 Å². The van der Waals surface area contributed by atoms with Crippen molar-refractivity contribution in [1.29, 1.82) is 0 Å². The molecule has 2 aromatic rings. The van der Waals surface area contributed by atoms with Crippen LogP contribution in [0.4, 0.5) is 0 Å². The minimum atomic E-state index is 0.275. The maximum absolute atomic E-state index is 6.34. The molecule has 1 aliphatic carbocycles. The van der Waals surface area contributed by atoms with Gasteiger partial charge in [-0.25, -0.2) is 0 Å². The Kier molecular flexibility index (Phi) is 4.61. The van der Waals surface area contributed by atoms with Crippen LogP contribution in [0.25, 0.3) is 10.8 Å². The van der Waals surface area contributed by atoms with Gasteiger partial charge in [-0.15, -0.1) is 0 Å². The van der Waals surface area contributed by atoms with Crippen LogP contribution in [0.15, 0.2) is 30.6 Å². The number of pyridine rings is 1. The second-order valence-corrected chi connectivity index (χ2v) is 6.06. The lowest BCUT2D eigenvalue weighted by Crippen LogP contribution is -2.36. The van der Waals surface area contributed by atoms with Gasteiger partial charge in [0.15, 0.2) is 0 Å². The van der Waals surface area contributed by atoms with E-state index in [0.29, 0.717) is 11.1 Å². The van der Waals surface area contributed by atoms with E-state index in [9.17, 15) is 0 Å². The van der Waals surface area contributed by atoms with E-state index in [0.717, 1.165) is 35.9 Å². The first-order valence-corrected chi connectivity index (χ1v) is 8.07. The SMILES string of the molecule is CCNC1CCC(Oc2cc3ccncc3cc2Cl)CC1. The molecule has 3 nitrogen and oxygen atoms in total. The normalized spacial score (nSPS) is 22.4. The third-order valence-electron chi connectivity index (χ3n) is 4.15. The zero-order valence-corrected chi connectivity index (χ0v) is 13.1. The number of hydrogen-bond donors (Lipinski definition) is 1. The summed E-state index contributed by atoms with van der Waals surface area (Å²) >= 11 is 6.34. The van der Waals surface area contributed by atoms with Gasteiger partial charge >= 0.3 is 0 Å². The molecule has 21 heavy (non-hydrogen) atoms. The molecule has 1 saturated carbocycles. The number of fused-ring (bicyclic) bond motifs is 1. The van der Waals surface area contributed by atoms with Gasteiger partial charge in [-0.3, -0.25) is 4.98 Å². The summed E-state index contributed by atoms with van der Waals surface area (Å²) in [7, 11) is 0. The van der Waals surface area contributed by atoms with E-state index in [2.05, 4.69) is 17.2 Å². The highest BCUT2D eigenvalue weighted by atomic mass is 35.5. The zero-order valence-electron chi connectivity index (χ0n) is 12.3. The van der Waals surface area contributed by atoms with Gasteiger partial charge < -0.3 is 10.1 Å². The topological polar surface area (TPSA) is 34.1 Å². The molecule has 1 aliphatic rings. The molecule has 4 heteroatoms. The van der Waals surface area contributed by atoms with Crippen molar-refractivity contribution in [2.75, 3.05) is 6.54 Å². The van der Waals surface area contributed by atoms with Gasteiger partial charge in [0.25, 0.3) is 0 Å². The molecular formula is C17H21ClN2O. The molecular weight excluding hydrogens is 284 g/mol. The Morgan fingerprint density at radius 2 is 2.05 bits per heavy atom. The van der Waals surface area contributed by atoms with Gasteiger partial charge in [-0.05, 0) is 55.8 Å². The monoisotopic (exact) mass is 304 g/mol. The van der Waals surface area contributed by atoms with Crippen molar-refractivity contribution in [2.24, 2.45) is 0 Å². The average molecular weight is 305 g/mol. The van der Waals surface area contributed by atoms with Crippen LogP contribution < -0.4 is 10.1 Å². The van der Waals surface area contributed by atoms with E-state index in [1.165, 1.54) is 12.8 Å². The van der Waals surface area contributed by atoms with Crippen LogP contribution in [0.2, 0.25) is 5.02 Å². The number of nitrogens with zero attached hydrogens (tertiary/aromatic N) is 1. The minimum absolute atomic E-state index is 0.275. The lowest BCUT2D eigenvalue weighted by Gasteiger charge is -2.29.